The number of benzene rings is 1. The van der Waals surface area contributed by atoms with Crippen LogP contribution in [-0.2, 0) is 17.5 Å². The Balaban J connectivity index is 1.61. The molecule has 7 nitrogen and oxygen atoms in total. The Morgan fingerprint density at radius 2 is 1.82 bits per heavy atom. The molecule has 2 aromatic heterocycles. The number of methoxy groups -OCH3 is 2. The van der Waals surface area contributed by atoms with Crippen LogP contribution in [-0.4, -0.2) is 42.4 Å². The molecule has 2 heterocycles. The highest BCUT2D eigenvalue weighted by atomic mass is 19.4. The number of nitrogens with zero attached hydrogens (tertiary/aromatic N) is 3. The summed E-state index contributed by atoms with van der Waals surface area (Å²) >= 11 is 0. The van der Waals surface area contributed by atoms with Crippen molar-refractivity contribution in [3.05, 3.63) is 47.5 Å². The highest BCUT2D eigenvalue weighted by Gasteiger charge is 2.38. The number of rotatable bonds is 9. The van der Waals surface area contributed by atoms with Gasteiger partial charge in [0, 0.05) is 24.0 Å². The zero-order chi connectivity index (χ0) is 24.3. The molecule has 0 unspecified atom stereocenters. The molecule has 1 fully saturated rings. The average molecular weight is 476 g/mol. The van der Waals surface area contributed by atoms with Crippen molar-refractivity contribution in [1.29, 1.82) is 0 Å². The maximum absolute atomic E-state index is 13.0. The van der Waals surface area contributed by atoms with Crippen molar-refractivity contribution in [3.63, 3.8) is 0 Å². The van der Waals surface area contributed by atoms with Crippen molar-refractivity contribution in [2.24, 2.45) is 5.41 Å². The van der Waals surface area contributed by atoms with Gasteiger partial charge >= 0.3 is 6.18 Å². The minimum Gasteiger partial charge on any atom is -0.493 e. The van der Waals surface area contributed by atoms with Crippen molar-refractivity contribution in [1.82, 2.24) is 15.0 Å². The van der Waals surface area contributed by atoms with E-state index >= 15 is 0 Å². The summed E-state index contributed by atoms with van der Waals surface area (Å²) in [7, 11) is 3.25. The number of aryl methyl sites for hydroxylation is 1. The van der Waals surface area contributed by atoms with Crippen LogP contribution >= 0.6 is 0 Å². The van der Waals surface area contributed by atoms with Crippen LogP contribution in [0.1, 0.15) is 36.5 Å². The molecule has 1 aliphatic carbocycles. The predicted octanol–water partition coefficient (Wildman–Crippen LogP) is 5.17. The first-order chi connectivity index (χ1) is 16.2. The van der Waals surface area contributed by atoms with Gasteiger partial charge < -0.3 is 19.5 Å². The van der Waals surface area contributed by atoms with Crippen LogP contribution < -0.4 is 14.8 Å². The zero-order valence-electron chi connectivity index (χ0n) is 19.3. The van der Waals surface area contributed by atoms with Crippen molar-refractivity contribution >= 4 is 16.7 Å². The van der Waals surface area contributed by atoms with Gasteiger partial charge in [-0.05, 0) is 38.0 Å². The van der Waals surface area contributed by atoms with Gasteiger partial charge in [-0.3, -0.25) is 0 Å². The van der Waals surface area contributed by atoms with Crippen molar-refractivity contribution in [2.75, 3.05) is 32.8 Å². The summed E-state index contributed by atoms with van der Waals surface area (Å²) < 4.78 is 56.1. The molecule has 0 radical (unpaired) electrons. The first-order valence-corrected chi connectivity index (χ1v) is 11.0. The summed E-state index contributed by atoms with van der Waals surface area (Å²) in [5.74, 6) is 2.08. The van der Waals surface area contributed by atoms with Gasteiger partial charge in [-0.2, -0.15) is 13.2 Å². The summed E-state index contributed by atoms with van der Waals surface area (Å²) in [6.07, 6.45) is -1.28. The minimum atomic E-state index is -4.50. The maximum atomic E-state index is 13.0. The van der Waals surface area contributed by atoms with Gasteiger partial charge in [0.1, 0.15) is 17.3 Å². The molecule has 1 aromatic carbocycles. The Kier molecular flexibility index (Phi) is 6.79. The van der Waals surface area contributed by atoms with Gasteiger partial charge in [-0.15, -0.1) is 0 Å². The summed E-state index contributed by atoms with van der Waals surface area (Å²) in [6, 6.07) is 7.39. The first kappa shape index (κ1) is 24.0. The number of nitrogens with one attached hydrogen (secondary N) is 1. The van der Waals surface area contributed by atoms with Gasteiger partial charge in [0.2, 0.25) is 0 Å². The number of hydrogen-bond acceptors (Lipinski definition) is 7. The molecule has 0 aliphatic heterocycles. The quantitative estimate of drug-likeness (QED) is 0.457. The summed E-state index contributed by atoms with van der Waals surface area (Å²) in [5.41, 5.74) is -0.0616. The van der Waals surface area contributed by atoms with E-state index in [1.807, 2.05) is 0 Å². The second kappa shape index (κ2) is 9.61. The number of hydrogen-bond donors (Lipinski definition) is 1. The van der Waals surface area contributed by atoms with Gasteiger partial charge in [-0.25, -0.2) is 15.0 Å². The van der Waals surface area contributed by atoms with Gasteiger partial charge in [-0.1, -0.05) is 12.5 Å². The van der Waals surface area contributed by atoms with E-state index in [1.54, 1.807) is 33.3 Å². The molecule has 3 aromatic rings. The molecule has 0 bridgehead atoms. The lowest BCUT2D eigenvalue weighted by Crippen LogP contribution is -2.39. The Morgan fingerprint density at radius 3 is 2.47 bits per heavy atom. The fraction of sp³-hybridized carbons (Fsp3) is 0.458. The fourth-order valence-corrected chi connectivity index (χ4v) is 4.11. The first-order valence-electron chi connectivity index (χ1n) is 11.0. The lowest BCUT2D eigenvalue weighted by atomic mass is 9.70. The topological polar surface area (TPSA) is 78.4 Å². The van der Waals surface area contributed by atoms with Crippen LogP contribution in [0.4, 0.5) is 19.0 Å². The van der Waals surface area contributed by atoms with Crippen molar-refractivity contribution in [2.45, 2.75) is 38.9 Å². The lowest BCUT2D eigenvalue weighted by Gasteiger charge is -2.40. The number of fused-ring (bicyclic) bond motifs is 1. The van der Waals surface area contributed by atoms with Gasteiger partial charge in [0.15, 0.2) is 11.5 Å². The second-order valence-electron chi connectivity index (χ2n) is 8.58. The van der Waals surface area contributed by atoms with Crippen LogP contribution in [0.2, 0.25) is 0 Å². The smallest absolute Gasteiger partial charge is 0.433 e. The molecule has 0 saturated heterocycles. The highest BCUT2D eigenvalue weighted by molar-refractivity contribution is 5.91. The van der Waals surface area contributed by atoms with Crippen molar-refractivity contribution < 1.29 is 27.4 Å². The van der Waals surface area contributed by atoms with E-state index in [9.17, 15) is 13.2 Å². The van der Waals surface area contributed by atoms with E-state index in [2.05, 4.69) is 20.3 Å². The monoisotopic (exact) mass is 476 g/mol. The van der Waals surface area contributed by atoms with Crippen LogP contribution in [0.3, 0.4) is 0 Å². The SMILES string of the molecule is COCC1(COc2cc3c(NCc4cccc(C(F)(F)F)n4)nc(C)nc3cc2OC)CCC1. The number of pyridine rings is 1. The normalized spacial score (nSPS) is 15.1. The fourth-order valence-electron chi connectivity index (χ4n) is 4.11. The van der Waals surface area contributed by atoms with Crippen LogP contribution in [0, 0.1) is 12.3 Å². The average Bonchev–Trinajstić information content (AvgIpc) is 2.78. The van der Waals surface area contributed by atoms with Gasteiger partial charge in [0.05, 0.1) is 38.1 Å². The third kappa shape index (κ3) is 5.16. The number of alkyl halides is 3. The molecule has 1 aliphatic rings. The van der Waals surface area contributed by atoms with Gasteiger partial charge in [0.25, 0.3) is 0 Å². The molecule has 0 spiro atoms. The number of halogens is 3. The molecule has 0 atom stereocenters. The molecule has 1 N–H and O–H groups in total. The zero-order valence-corrected chi connectivity index (χ0v) is 19.3. The number of aromatic nitrogens is 3. The largest absolute Gasteiger partial charge is 0.493 e. The standard InChI is InChI=1S/C24H27F3N4O3/c1-15-29-18-11-19(33-3)20(34-14-23(13-32-2)8-5-9-23)10-17(18)22(30-15)28-12-16-6-4-7-21(31-16)24(25,26)27/h4,6-7,10-11H,5,8-9,12-14H2,1-3H3,(H,28,29,30). The van der Waals surface area contributed by atoms with Crippen LogP contribution in [0.5, 0.6) is 11.5 Å². The highest BCUT2D eigenvalue weighted by Crippen LogP contribution is 2.43. The molecule has 34 heavy (non-hydrogen) atoms. The Morgan fingerprint density at radius 1 is 1.03 bits per heavy atom. The van der Waals surface area contributed by atoms with E-state index in [1.165, 1.54) is 12.1 Å². The molecule has 0 amide bonds. The maximum Gasteiger partial charge on any atom is 0.433 e. The Bertz CT molecular complexity index is 1170. The molecule has 4 rings (SSSR count). The molecule has 10 heteroatoms. The molecule has 1 saturated carbocycles. The second-order valence-corrected chi connectivity index (χ2v) is 8.58. The summed E-state index contributed by atoms with van der Waals surface area (Å²) in [6.45, 7) is 2.93. The Labute approximate surface area is 195 Å². The molecular weight excluding hydrogens is 449 g/mol. The van der Waals surface area contributed by atoms with Crippen molar-refractivity contribution in [3.8, 4) is 11.5 Å². The van der Waals surface area contributed by atoms with E-state index in [4.69, 9.17) is 14.2 Å². The van der Waals surface area contributed by atoms with E-state index in [0.29, 0.717) is 47.3 Å². The molecular formula is C24H27F3N4O3. The third-order valence-electron chi connectivity index (χ3n) is 6.03. The molecule has 182 valence electrons. The minimum absolute atomic E-state index is 0.00521. The number of ether oxygens (including phenoxy) is 3. The van der Waals surface area contributed by atoms with E-state index < -0.39 is 11.9 Å². The van der Waals surface area contributed by atoms with E-state index in [0.717, 1.165) is 25.3 Å². The van der Waals surface area contributed by atoms with Crippen LogP contribution in [0.15, 0.2) is 30.3 Å². The summed E-state index contributed by atoms with van der Waals surface area (Å²) in [4.78, 5) is 12.7. The number of anilines is 1. The van der Waals surface area contributed by atoms with E-state index in [-0.39, 0.29) is 17.7 Å². The van der Waals surface area contributed by atoms with Crippen LogP contribution in [0.25, 0.3) is 10.9 Å². The third-order valence-corrected chi connectivity index (χ3v) is 6.03. The Hall–Kier alpha value is -3.14. The lowest BCUT2D eigenvalue weighted by molar-refractivity contribution is -0.141. The summed E-state index contributed by atoms with van der Waals surface area (Å²) in [5, 5.41) is 3.78. The predicted molar refractivity (Wildman–Crippen MR) is 121 cm³/mol.